The summed E-state index contributed by atoms with van der Waals surface area (Å²) in [4.78, 5) is 48.4. The average molecular weight is 1030 g/mol. The monoisotopic (exact) mass is 1030 g/mol. The zero-order valence-electron chi connectivity index (χ0n) is 45.4. The number of phosphoric acid groups is 1. The van der Waals surface area contributed by atoms with Crippen LogP contribution < -0.4 is 0 Å². The lowest BCUT2D eigenvalue weighted by Gasteiger charge is -2.21. The Morgan fingerprint density at radius 2 is 0.750 bits per heavy atom. The van der Waals surface area contributed by atoms with E-state index in [1.54, 1.807) is 0 Å². The van der Waals surface area contributed by atoms with Gasteiger partial charge in [0.15, 0.2) is 6.10 Å². The van der Waals surface area contributed by atoms with E-state index in [0.29, 0.717) is 19.3 Å². The molecule has 72 heavy (non-hydrogen) atoms. The lowest BCUT2D eigenvalue weighted by Crippen LogP contribution is -2.30. The van der Waals surface area contributed by atoms with Crippen LogP contribution in [0.4, 0.5) is 0 Å². The molecule has 412 valence electrons. The highest BCUT2D eigenvalue weighted by Gasteiger charge is 2.28. The van der Waals surface area contributed by atoms with Gasteiger partial charge in [-0.1, -0.05) is 195 Å². The van der Waals surface area contributed by atoms with Gasteiger partial charge in [-0.25, -0.2) is 4.57 Å². The van der Waals surface area contributed by atoms with Crippen molar-refractivity contribution >= 4 is 25.7 Å². The van der Waals surface area contributed by atoms with Gasteiger partial charge in [-0.3, -0.25) is 23.4 Å². The summed E-state index contributed by atoms with van der Waals surface area (Å²) in [5, 5.41) is 9.78. The number of esters is 3. The van der Waals surface area contributed by atoms with Gasteiger partial charge in [0.05, 0.1) is 19.8 Å². The number of rotatable bonds is 51. The Morgan fingerprint density at radius 3 is 1.19 bits per heavy atom. The summed E-state index contributed by atoms with van der Waals surface area (Å²) in [6.07, 6.45) is 62.4. The zero-order chi connectivity index (χ0) is 52.7. The molecule has 0 radical (unpaired) electrons. The average Bonchev–Trinajstić information content (AvgIpc) is 3.37. The van der Waals surface area contributed by atoms with Crippen LogP contribution in [0.3, 0.4) is 0 Å². The molecule has 0 rings (SSSR count). The van der Waals surface area contributed by atoms with Crippen LogP contribution in [0.2, 0.25) is 0 Å². The minimum Gasteiger partial charge on any atom is -0.462 e. The normalized spacial score (nSPS) is 14.1. The van der Waals surface area contributed by atoms with Gasteiger partial charge in [-0.05, 0) is 109 Å². The van der Waals surface area contributed by atoms with E-state index in [0.717, 1.165) is 109 Å². The van der Waals surface area contributed by atoms with E-state index in [4.69, 9.17) is 23.3 Å². The van der Waals surface area contributed by atoms with Crippen LogP contribution in [0.15, 0.2) is 97.2 Å². The van der Waals surface area contributed by atoms with E-state index in [1.807, 2.05) is 18.2 Å². The van der Waals surface area contributed by atoms with Crippen molar-refractivity contribution in [2.45, 2.75) is 238 Å². The maximum atomic E-state index is 12.9. The molecule has 11 nitrogen and oxygen atoms in total. The molecule has 0 spiro atoms. The molecule has 0 saturated carbocycles. The van der Waals surface area contributed by atoms with Crippen LogP contribution in [0.1, 0.15) is 226 Å². The number of aliphatic hydroxyl groups is 1. The van der Waals surface area contributed by atoms with Gasteiger partial charge in [0.2, 0.25) is 0 Å². The minimum atomic E-state index is -4.77. The molecule has 0 aliphatic heterocycles. The molecule has 0 bridgehead atoms. The summed E-state index contributed by atoms with van der Waals surface area (Å²) in [5.74, 6) is -1.58. The standard InChI is InChI=1S/C60H101O11P/c1-4-7-10-13-16-19-22-25-27-28-30-32-34-37-40-43-46-49-58(62)67-53-57(71-60(64)51-48-45-42-39-36-33-29-26-23-20-17-14-11-8-5-2)55-69-72(65,66)68-54-56(52-61)70-59(63)50-47-44-41-38-35-31-24-21-18-15-12-9-6-3/h9,12,16-21,25-27,29,31,35,41,44,56-57,61H,4-8,10-11,13-15,22-24,28,30,32-34,36-40,42-43,45-55H2,1-3H3,(H,65,66)/b12-9-,19-16-,20-17-,21-18-,27-25-,29-26-,35-31-,44-41-. The Morgan fingerprint density at radius 1 is 0.403 bits per heavy atom. The number of hydrogen-bond acceptors (Lipinski definition) is 10. The first kappa shape index (κ1) is 68.4. The summed E-state index contributed by atoms with van der Waals surface area (Å²) in [7, 11) is -4.77. The van der Waals surface area contributed by atoms with Crippen molar-refractivity contribution in [2.75, 3.05) is 26.4 Å². The fourth-order valence-corrected chi connectivity index (χ4v) is 7.98. The number of carbonyl (C=O) groups is 3. The molecule has 0 amide bonds. The summed E-state index contributed by atoms with van der Waals surface area (Å²) in [5.41, 5.74) is 0. The number of allylic oxidation sites excluding steroid dienone is 16. The largest absolute Gasteiger partial charge is 0.472 e. The van der Waals surface area contributed by atoms with E-state index in [-0.39, 0.29) is 25.9 Å². The second-order valence-electron chi connectivity index (χ2n) is 18.4. The van der Waals surface area contributed by atoms with Crippen molar-refractivity contribution in [3.8, 4) is 0 Å². The summed E-state index contributed by atoms with van der Waals surface area (Å²) in [6.45, 7) is 4.36. The lowest BCUT2D eigenvalue weighted by molar-refractivity contribution is -0.161. The number of unbranched alkanes of at least 4 members (excludes halogenated alkanes) is 18. The quantitative estimate of drug-likeness (QED) is 0.0197. The van der Waals surface area contributed by atoms with Crippen molar-refractivity contribution in [3.63, 3.8) is 0 Å². The van der Waals surface area contributed by atoms with Crippen molar-refractivity contribution in [1.82, 2.24) is 0 Å². The molecule has 0 aromatic heterocycles. The van der Waals surface area contributed by atoms with E-state index in [9.17, 15) is 28.9 Å². The molecule has 0 aliphatic rings. The molecule has 3 unspecified atom stereocenters. The fourth-order valence-electron chi connectivity index (χ4n) is 7.19. The van der Waals surface area contributed by atoms with Gasteiger partial charge >= 0.3 is 25.7 Å². The van der Waals surface area contributed by atoms with Crippen LogP contribution in [0.5, 0.6) is 0 Å². The third-order valence-corrected chi connectivity index (χ3v) is 12.4. The predicted octanol–water partition coefficient (Wildman–Crippen LogP) is 16.5. The maximum absolute atomic E-state index is 12.9. The van der Waals surface area contributed by atoms with Crippen molar-refractivity contribution in [1.29, 1.82) is 0 Å². The van der Waals surface area contributed by atoms with Gasteiger partial charge in [0.25, 0.3) is 0 Å². The Kier molecular flexibility index (Phi) is 51.0. The van der Waals surface area contributed by atoms with E-state index >= 15 is 0 Å². The second kappa shape index (κ2) is 53.7. The first-order valence-electron chi connectivity index (χ1n) is 28.1. The Hall–Kier alpha value is -3.60. The minimum absolute atomic E-state index is 0.0508. The van der Waals surface area contributed by atoms with Crippen LogP contribution >= 0.6 is 7.82 Å². The SMILES string of the molecule is CC/C=C\C/C=C\C/C=C\C/C=C\CCC(=O)OC(CO)COP(=O)(O)OCC(COC(=O)CCCCCCCCC/C=C\C/C=C\CCCCC)OC(=O)CCCCCCC/C=C\C/C=C\CCCCC. The molecule has 0 aromatic rings. The Bertz CT molecular complexity index is 1580. The summed E-state index contributed by atoms with van der Waals surface area (Å²) in [6, 6.07) is 0. The van der Waals surface area contributed by atoms with Crippen molar-refractivity contribution < 1.29 is 52.2 Å². The summed E-state index contributed by atoms with van der Waals surface area (Å²) >= 11 is 0. The Labute approximate surface area is 438 Å². The molecule has 0 aliphatic carbocycles. The van der Waals surface area contributed by atoms with Crippen molar-refractivity contribution in [2.24, 2.45) is 0 Å². The molecule has 0 heterocycles. The maximum Gasteiger partial charge on any atom is 0.472 e. The smallest absolute Gasteiger partial charge is 0.462 e. The molecular formula is C60H101O11P. The van der Waals surface area contributed by atoms with Crippen molar-refractivity contribution in [3.05, 3.63) is 97.2 Å². The first-order chi connectivity index (χ1) is 35.2. The molecular weight excluding hydrogens is 928 g/mol. The number of hydrogen-bond donors (Lipinski definition) is 2. The summed E-state index contributed by atoms with van der Waals surface area (Å²) < 4.78 is 39.4. The lowest BCUT2D eigenvalue weighted by atomic mass is 10.1. The van der Waals surface area contributed by atoms with Gasteiger partial charge in [0.1, 0.15) is 12.7 Å². The van der Waals surface area contributed by atoms with Gasteiger partial charge in [-0.2, -0.15) is 0 Å². The van der Waals surface area contributed by atoms with Crippen LogP contribution in [-0.2, 0) is 42.2 Å². The highest BCUT2D eigenvalue weighted by Crippen LogP contribution is 2.43. The molecule has 0 aromatic carbocycles. The van der Waals surface area contributed by atoms with E-state index in [2.05, 4.69) is 99.8 Å². The van der Waals surface area contributed by atoms with E-state index in [1.165, 1.54) is 57.8 Å². The number of ether oxygens (including phenoxy) is 3. The molecule has 12 heteroatoms. The second-order valence-corrected chi connectivity index (χ2v) is 19.8. The van der Waals surface area contributed by atoms with Crippen LogP contribution in [0, 0.1) is 0 Å². The highest BCUT2D eigenvalue weighted by atomic mass is 31.2. The predicted molar refractivity (Wildman–Crippen MR) is 297 cm³/mol. The van der Waals surface area contributed by atoms with Gasteiger partial charge in [-0.15, -0.1) is 0 Å². The first-order valence-corrected chi connectivity index (χ1v) is 29.6. The third-order valence-electron chi connectivity index (χ3n) is 11.5. The molecule has 3 atom stereocenters. The van der Waals surface area contributed by atoms with Gasteiger partial charge < -0.3 is 24.2 Å². The number of phosphoric ester groups is 1. The molecule has 2 N–H and O–H groups in total. The zero-order valence-corrected chi connectivity index (χ0v) is 46.3. The molecule has 0 fully saturated rings. The number of aliphatic hydroxyl groups excluding tert-OH is 1. The van der Waals surface area contributed by atoms with Crippen LogP contribution in [0.25, 0.3) is 0 Å². The fraction of sp³-hybridized carbons (Fsp3) is 0.683. The topological polar surface area (TPSA) is 155 Å². The van der Waals surface area contributed by atoms with Gasteiger partial charge in [0, 0.05) is 19.3 Å². The Balaban J connectivity index is 4.83. The van der Waals surface area contributed by atoms with Crippen LogP contribution in [-0.4, -0.2) is 66.5 Å². The number of carbonyl (C=O) groups excluding carboxylic acids is 3. The van der Waals surface area contributed by atoms with E-state index < -0.39 is 57.8 Å². The third kappa shape index (κ3) is 51.3. The molecule has 0 saturated heterocycles. The highest BCUT2D eigenvalue weighted by molar-refractivity contribution is 7.47.